The van der Waals surface area contributed by atoms with Crippen LogP contribution in [0.2, 0.25) is 0 Å². The minimum absolute atomic E-state index is 0.151. The van der Waals surface area contributed by atoms with Crippen LogP contribution in [0.15, 0.2) is 54.4 Å². The second kappa shape index (κ2) is 7.73. The smallest absolute Gasteiger partial charge is 0.277 e. The lowest BCUT2D eigenvalue weighted by Gasteiger charge is -2.20. The summed E-state index contributed by atoms with van der Waals surface area (Å²) in [5, 5.41) is 1.14. The summed E-state index contributed by atoms with van der Waals surface area (Å²) >= 11 is 0. The third kappa shape index (κ3) is 3.34. The molecule has 1 saturated heterocycles. The Morgan fingerprint density at radius 3 is 2.52 bits per heavy atom. The van der Waals surface area contributed by atoms with Gasteiger partial charge in [-0.2, -0.15) is 0 Å². The van der Waals surface area contributed by atoms with Crippen LogP contribution in [0.4, 0.5) is 0 Å². The van der Waals surface area contributed by atoms with Gasteiger partial charge in [-0.25, -0.2) is 0 Å². The molecule has 0 bridgehead atoms. The largest absolute Gasteiger partial charge is 0.366 e. The maximum atomic E-state index is 13.6. The molecule has 3 heterocycles. The van der Waals surface area contributed by atoms with E-state index in [0.29, 0.717) is 24.2 Å². The van der Waals surface area contributed by atoms with Gasteiger partial charge in [0.1, 0.15) is 5.70 Å². The summed E-state index contributed by atoms with van der Waals surface area (Å²) in [5.41, 5.74) is 6.42. The lowest BCUT2D eigenvalue weighted by molar-refractivity contribution is -0.137. The molecule has 1 fully saturated rings. The zero-order chi connectivity index (χ0) is 21.5. The molecule has 0 spiro atoms. The number of aryl methyl sites for hydroxylation is 2. The number of amides is 2. The van der Waals surface area contributed by atoms with Gasteiger partial charge in [0.15, 0.2) is 0 Å². The summed E-state index contributed by atoms with van der Waals surface area (Å²) in [6.45, 7) is 6.11. The van der Waals surface area contributed by atoms with Crippen molar-refractivity contribution < 1.29 is 9.59 Å². The van der Waals surface area contributed by atoms with Crippen molar-refractivity contribution in [3.05, 3.63) is 76.6 Å². The number of fused-ring (bicyclic) bond motifs is 1. The Morgan fingerprint density at radius 1 is 0.968 bits per heavy atom. The maximum absolute atomic E-state index is 13.6. The highest BCUT2D eigenvalue weighted by Gasteiger charge is 2.42. The van der Waals surface area contributed by atoms with E-state index in [1.165, 1.54) is 4.90 Å². The van der Waals surface area contributed by atoms with Gasteiger partial charge in [0, 0.05) is 36.7 Å². The first-order valence-corrected chi connectivity index (χ1v) is 11.0. The Balaban J connectivity index is 1.48. The molecule has 1 aromatic heterocycles. The summed E-state index contributed by atoms with van der Waals surface area (Å²) in [6.07, 6.45) is 4.73. The number of aromatic nitrogens is 1. The van der Waals surface area contributed by atoms with Crippen molar-refractivity contribution in [1.29, 1.82) is 0 Å². The number of likely N-dealkylation sites (tertiary alicyclic amines) is 1. The van der Waals surface area contributed by atoms with Crippen LogP contribution in [0.1, 0.15) is 35.1 Å². The molecule has 0 unspecified atom stereocenters. The molecule has 5 heteroatoms. The molecular weight excluding hydrogens is 386 g/mol. The fourth-order valence-electron chi connectivity index (χ4n) is 4.91. The normalized spacial score (nSPS) is 17.0. The van der Waals surface area contributed by atoms with Gasteiger partial charge >= 0.3 is 0 Å². The average Bonchev–Trinajstić information content (AvgIpc) is 3.47. The molecule has 2 aliphatic heterocycles. The van der Waals surface area contributed by atoms with Crippen molar-refractivity contribution >= 4 is 28.3 Å². The topological polar surface area (TPSA) is 56.4 Å². The number of hydrogen-bond acceptors (Lipinski definition) is 3. The van der Waals surface area contributed by atoms with Crippen LogP contribution in [-0.2, 0) is 16.0 Å². The number of hydrogen-bond donors (Lipinski definition) is 1. The van der Waals surface area contributed by atoms with Crippen LogP contribution in [0.3, 0.4) is 0 Å². The minimum atomic E-state index is -0.168. The fraction of sp³-hybridized carbons (Fsp3) is 0.308. The second-order valence-electron chi connectivity index (χ2n) is 8.61. The Labute approximate surface area is 182 Å². The van der Waals surface area contributed by atoms with Crippen molar-refractivity contribution in [1.82, 2.24) is 14.8 Å². The lowest BCUT2D eigenvalue weighted by atomic mass is 9.97. The third-order valence-electron chi connectivity index (χ3n) is 6.50. The van der Waals surface area contributed by atoms with Gasteiger partial charge < -0.3 is 9.88 Å². The highest BCUT2D eigenvalue weighted by atomic mass is 16.2. The minimum Gasteiger partial charge on any atom is -0.366 e. The molecule has 0 atom stereocenters. The number of nitrogens with one attached hydrogen (secondary N) is 1. The van der Waals surface area contributed by atoms with Crippen molar-refractivity contribution in [2.45, 2.75) is 33.1 Å². The van der Waals surface area contributed by atoms with Crippen LogP contribution < -0.4 is 0 Å². The molecule has 0 radical (unpaired) electrons. The fourth-order valence-corrected chi connectivity index (χ4v) is 4.91. The predicted octanol–water partition coefficient (Wildman–Crippen LogP) is 4.20. The zero-order valence-electron chi connectivity index (χ0n) is 18.1. The Kier molecular flexibility index (Phi) is 4.89. The number of rotatable bonds is 5. The number of carbonyl (C=O) groups excluding carboxylic acids is 2. The summed E-state index contributed by atoms with van der Waals surface area (Å²) in [7, 11) is 0. The van der Waals surface area contributed by atoms with E-state index in [4.69, 9.17) is 0 Å². The molecule has 158 valence electrons. The van der Waals surface area contributed by atoms with Gasteiger partial charge in [-0.1, -0.05) is 42.0 Å². The molecule has 0 saturated carbocycles. The number of benzene rings is 2. The standard InChI is InChI=1S/C26H27N3O2/c1-17-9-10-20(18(2)15-17)23-24(28-12-5-6-13-28)26(31)29(25(23)30)14-11-19-16-27-22-8-4-3-7-21(19)22/h3-4,7-10,15-16,27H,5-6,11-14H2,1-2H3. The highest BCUT2D eigenvalue weighted by molar-refractivity contribution is 6.35. The Bertz CT molecular complexity index is 1210. The monoisotopic (exact) mass is 413 g/mol. The second-order valence-corrected chi connectivity index (χ2v) is 8.61. The molecule has 1 N–H and O–H groups in total. The zero-order valence-corrected chi connectivity index (χ0v) is 18.1. The van der Waals surface area contributed by atoms with E-state index in [1.54, 1.807) is 0 Å². The Morgan fingerprint density at radius 2 is 1.74 bits per heavy atom. The summed E-state index contributed by atoms with van der Waals surface area (Å²) < 4.78 is 0. The third-order valence-corrected chi connectivity index (χ3v) is 6.50. The predicted molar refractivity (Wildman–Crippen MR) is 122 cm³/mol. The SMILES string of the molecule is Cc1ccc(C2=C(N3CCCC3)C(=O)N(CCc3c[nH]c4ccccc34)C2=O)c(C)c1. The van der Waals surface area contributed by atoms with Gasteiger partial charge in [0.2, 0.25) is 0 Å². The molecule has 0 aliphatic carbocycles. The van der Waals surface area contributed by atoms with E-state index < -0.39 is 0 Å². The van der Waals surface area contributed by atoms with E-state index in [9.17, 15) is 9.59 Å². The number of H-pyrrole nitrogens is 1. The number of para-hydroxylation sites is 1. The first-order chi connectivity index (χ1) is 15.0. The maximum Gasteiger partial charge on any atom is 0.277 e. The quantitative estimate of drug-likeness (QED) is 0.638. The highest BCUT2D eigenvalue weighted by Crippen LogP contribution is 2.35. The van der Waals surface area contributed by atoms with Gasteiger partial charge in [-0.05, 0) is 55.9 Å². The number of imide groups is 1. The van der Waals surface area contributed by atoms with Gasteiger partial charge in [0.05, 0.1) is 5.57 Å². The van der Waals surface area contributed by atoms with E-state index in [0.717, 1.165) is 59.1 Å². The molecule has 2 aromatic carbocycles. The summed E-state index contributed by atoms with van der Waals surface area (Å²) in [4.78, 5) is 33.9. The van der Waals surface area contributed by atoms with Crippen LogP contribution in [0.25, 0.3) is 16.5 Å². The Hall–Kier alpha value is -3.34. The average molecular weight is 414 g/mol. The van der Waals surface area contributed by atoms with Gasteiger partial charge in [-0.3, -0.25) is 14.5 Å². The van der Waals surface area contributed by atoms with Gasteiger partial charge in [0.25, 0.3) is 11.8 Å². The van der Waals surface area contributed by atoms with Crippen molar-refractivity contribution in [2.75, 3.05) is 19.6 Å². The molecule has 2 amide bonds. The number of carbonyl (C=O) groups is 2. The lowest BCUT2D eigenvalue weighted by Crippen LogP contribution is -2.36. The first kappa shape index (κ1) is 19.6. The van der Waals surface area contributed by atoms with E-state index in [2.05, 4.69) is 22.0 Å². The molecule has 31 heavy (non-hydrogen) atoms. The van der Waals surface area contributed by atoms with Crippen molar-refractivity contribution in [2.24, 2.45) is 0 Å². The van der Waals surface area contributed by atoms with Crippen LogP contribution >= 0.6 is 0 Å². The van der Waals surface area contributed by atoms with E-state index >= 15 is 0 Å². The first-order valence-electron chi connectivity index (χ1n) is 11.0. The van der Waals surface area contributed by atoms with E-state index in [-0.39, 0.29) is 11.8 Å². The number of nitrogens with zero attached hydrogens (tertiary/aromatic N) is 2. The molecule has 2 aliphatic rings. The van der Waals surface area contributed by atoms with Crippen LogP contribution in [0.5, 0.6) is 0 Å². The van der Waals surface area contributed by atoms with Crippen molar-refractivity contribution in [3.63, 3.8) is 0 Å². The summed E-state index contributed by atoms with van der Waals surface area (Å²) in [5.74, 6) is -0.319. The van der Waals surface area contributed by atoms with Crippen molar-refractivity contribution in [3.8, 4) is 0 Å². The molecule has 3 aromatic rings. The van der Waals surface area contributed by atoms with E-state index in [1.807, 2.05) is 50.4 Å². The number of aromatic amines is 1. The summed E-state index contributed by atoms with van der Waals surface area (Å²) in [6, 6.07) is 14.2. The molecular formula is C26H27N3O2. The molecule has 5 rings (SSSR count). The molecule has 5 nitrogen and oxygen atoms in total. The van der Waals surface area contributed by atoms with Crippen LogP contribution in [-0.4, -0.2) is 46.2 Å². The van der Waals surface area contributed by atoms with Gasteiger partial charge in [-0.15, -0.1) is 0 Å². The van der Waals surface area contributed by atoms with Crippen LogP contribution in [0, 0.1) is 13.8 Å².